The molecule has 0 aromatic carbocycles. The molecule has 0 saturated carbocycles. The Morgan fingerprint density at radius 2 is 2.50 bits per heavy atom. The van der Waals surface area contributed by atoms with Crippen LogP contribution in [-0.4, -0.2) is 0 Å². The van der Waals surface area contributed by atoms with Gasteiger partial charge >= 0.3 is 0 Å². The van der Waals surface area contributed by atoms with Crippen molar-refractivity contribution < 1.29 is 4.74 Å². The van der Waals surface area contributed by atoms with E-state index >= 15 is 0 Å². The summed E-state index contributed by atoms with van der Waals surface area (Å²) in [7, 11) is 3.05. The first-order valence-corrected chi connectivity index (χ1v) is 1.80. The zero-order valence-corrected chi connectivity index (χ0v) is 3.82. The van der Waals surface area contributed by atoms with E-state index in [-0.39, 0.29) is 0 Å². The minimum atomic E-state index is 0.829. The van der Waals surface area contributed by atoms with Crippen molar-refractivity contribution in [3.63, 3.8) is 0 Å². The van der Waals surface area contributed by atoms with E-state index in [2.05, 4.69) is 23.9 Å². The van der Waals surface area contributed by atoms with Crippen molar-refractivity contribution in [3.8, 4) is 12.0 Å². The largest absolute Gasteiger partial charge is 0.443 e. The van der Waals surface area contributed by atoms with E-state index in [0.717, 1.165) is 6.42 Å². The normalized spacial score (nSPS) is 5.67. The fraction of sp³-hybridized carbons (Fsp3) is 0.400. The van der Waals surface area contributed by atoms with Crippen LogP contribution in [0.5, 0.6) is 0 Å². The Bertz CT molecular complexity index is 57.7. The van der Waals surface area contributed by atoms with E-state index in [1.54, 1.807) is 0 Å². The molecule has 0 amide bonds. The molecule has 1 heteroatoms. The molecule has 0 aromatic heterocycles. The second kappa shape index (κ2) is 4.36. The van der Waals surface area contributed by atoms with Gasteiger partial charge in [0.05, 0.1) is 0 Å². The van der Waals surface area contributed by atoms with E-state index in [4.69, 9.17) is 0 Å². The van der Waals surface area contributed by atoms with Gasteiger partial charge in [0.15, 0.2) is 0 Å². The summed E-state index contributed by atoms with van der Waals surface area (Å²) in [5, 5.41) is 0. The molecule has 0 heterocycles. The van der Waals surface area contributed by atoms with Gasteiger partial charge in [-0.25, -0.2) is 0 Å². The summed E-state index contributed by atoms with van der Waals surface area (Å²) in [5.74, 6) is 2.66. The predicted octanol–water partition coefficient (Wildman–Crippen LogP) is 1.17. The maximum Gasteiger partial charge on any atom is 0.135 e. The van der Waals surface area contributed by atoms with Gasteiger partial charge in [-0.2, -0.15) is 0 Å². The lowest BCUT2D eigenvalue weighted by Crippen LogP contribution is -1.58. The van der Waals surface area contributed by atoms with Crippen LogP contribution >= 0.6 is 0 Å². The molecule has 0 fully saturated rings. The second-order valence-corrected chi connectivity index (χ2v) is 0.777. The van der Waals surface area contributed by atoms with Gasteiger partial charge in [-0.15, -0.1) is 0 Å². The highest BCUT2D eigenvalue weighted by molar-refractivity contribution is 4.89. The standard InChI is InChI=1S/C5H7O/c1-3-4-5-6-2/h2-3H2,1H3. The van der Waals surface area contributed by atoms with Crippen LogP contribution in [0.15, 0.2) is 0 Å². The van der Waals surface area contributed by atoms with Crippen LogP contribution in [0.4, 0.5) is 0 Å². The SMILES string of the molecule is [CH2]OC#CCC. The molecule has 0 aliphatic rings. The van der Waals surface area contributed by atoms with E-state index < -0.39 is 0 Å². The van der Waals surface area contributed by atoms with E-state index in [9.17, 15) is 0 Å². The molecule has 0 spiro atoms. The van der Waals surface area contributed by atoms with Crippen molar-refractivity contribution in [3.05, 3.63) is 7.11 Å². The van der Waals surface area contributed by atoms with Crippen LogP contribution in [-0.2, 0) is 4.74 Å². The number of ether oxygens (including phenoxy) is 1. The van der Waals surface area contributed by atoms with Crippen molar-refractivity contribution in [1.29, 1.82) is 0 Å². The average Bonchev–Trinajstić information content (AvgIpc) is 1.61. The quantitative estimate of drug-likeness (QED) is 0.399. The number of hydrogen-bond donors (Lipinski definition) is 0. The van der Waals surface area contributed by atoms with E-state index in [1.807, 2.05) is 6.92 Å². The highest BCUT2D eigenvalue weighted by atomic mass is 16.5. The van der Waals surface area contributed by atoms with E-state index in [1.165, 1.54) is 0 Å². The van der Waals surface area contributed by atoms with Crippen LogP contribution < -0.4 is 0 Å². The maximum absolute atomic E-state index is 4.17. The van der Waals surface area contributed by atoms with Crippen molar-refractivity contribution in [2.45, 2.75) is 13.3 Å². The molecular formula is C5H7O. The van der Waals surface area contributed by atoms with Crippen molar-refractivity contribution in [2.75, 3.05) is 0 Å². The van der Waals surface area contributed by atoms with Crippen molar-refractivity contribution in [2.24, 2.45) is 0 Å². The average molecular weight is 83.1 g/mol. The van der Waals surface area contributed by atoms with Gasteiger partial charge in [-0.3, -0.25) is 0 Å². The number of hydrogen-bond acceptors (Lipinski definition) is 1. The van der Waals surface area contributed by atoms with Crippen molar-refractivity contribution in [1.82, 2.24) is 0 Å². The Hall–Kier alpha value is -0.640. The lowest BCUT2D eigenvalue weighted by Gasteiger charge is -1.71. The molecule has 0 aromatic rings. The van der Waals surface area contributed by atoms with Crippen LogP contribution in [0.2, 0.25) is 0 Å². The zero-order chi connectivity index (χ0) is 4.83. The monoisotopic (exact) mass is 83.0 g/mol. The molecule has 0 unspecified atom stereocenters. The molecule has 1 radical (unpaired) electrons. The summed E-state index contributed by atoms with van der Waals surface area (Å²) < 4.78 is 4.17. The molecule has 0 aliphatic carbocycles. The molecule has 0 N–H and O–H groups in total. The first-order valence-electron chi connectivity index (χ1n) is 1.80. The zero-order valence-electron chi connectivity index (χ0n) is 3.82. The lowest BCUT2D eigenvalue weighted by molar-refractivity contribution is 0.430. The summed E-state index contributed by atoms with van der Waals surface area (Å²) in [5.41, 5.74) is 0. The second-order valence-electron chi connectivity index (χ2n) is 0.777. The topological polar surface area (TPSA) is 9.23 Å². The highest BCUT2D eigenvalue weighted by Gasteiger charge is 1.55. The molecule has 0 bridgehead atoms. The molecule has 33 valence electrons. The van der Waals surface area contributed by atoms with Crippen LogP contribution in [0.3, 0.4) is 0 Å². The van der Waals surface area contributed by atoms with E-state index in [0.29, 0.717) is 0 Å². The van der Waals surface area contributed by atoms with Gasteiger partial charge in [0.1, 0.15) is 13.2 Å². The Labute approximate surface area is 38.3 Å². The fourth-order valence-corrected chi connectivity index (χ4v) is 0.123. The van der Waals surface area contributed by atoms with Gasteiger partial charge in [0.2, 0.25) is 0 Å². The summed E-state index contributed by atoms with van der Waals surface area (Å²) in [6.07, 6.45) is 3.17. The first-order chi connectivity index (χ1) is 2.91. The van der Waals surface area contributed by atoms with Gasteiger partial charge in [0.25, 0.3) is 0 Å². The third-order valence-corrected chi connectivity index (χ3v) is 0.321. The predicted molar refractivity (Wildman–Crippen MR) is 24.5 cm³/mol. The van der Waals surface area contributed by atoms with Gasteiger partial charge in [0, 0.05) is 6.42 Å². The minimum absolute atomic E-state index is 0.829. The third kappa shape index (κ3) is 3.36. The summed E-state index contributed by atoms with van der Waals surface area (Å²) >= 11 is 0. The Morgan fingerprint density at radius 1 is 1.83 bits per heavy atom. The number of rotatable bonds is 0. The summed E-state index contributed by atoms with van der Waals surface area (Å²) in [4.78, 5) is 0. The maximum atomic E-state index is 4.17. The fourth-order valence-electron chi connectivity index (χ4n) is 0.123. The molecule has 0 rings (SSSR count). The van der Waals surface area contributed by atoms with Crippen molar-refractivity contribution >= 4 is 0 Å². The van der Waals surface area contributed by atoms with Crippen LogP contribution in [0.1, 0.15) is 13.3 Å². The molecule has 0 aliphatic heterocycles. The van der Waals surface area contributed by atoms with Crippen LogP contribution in [0, 0.1) is 19.1 Å². The van der Waals surface area contributed by atoms with Crippen LogP contribution in [0.25, 0.3) is 0 Å². The Morgan fingerprint density at radius 3 is 2.67 bits per heavy atom. The summed E-state index contributed by atoms with van der Waals surface area (Å²) in [6.45, 7) is 1.95. The molecule has 0 atom stereocenters. The van der Waals surface area contributed by atoms with Gasteiger partial charge < -0.3 is 4.74 Å². The molecule has 1 nitrogen and oxygen atoms in total. The lowest BCUT2D eigenvalue weighted by atomic mass is 10.5. The molecule has 6 heavy (non-hydrogen) atoms. The first kappa shape index (κ1) is 5.36. The molecular weight excluding hydrogens is 76.1 g/mol. The summed E-state index contributed by atoms with van der Waals surface area (Å²) in [6, 6.07) is 0. The minimum Gasteiger partial charge on any atom is -0.443 e. The van der Waals surface area contributed by atoms with Gasteiger partial charge in [-0.05, 0) is 0 Å². The smallest absolute Gasteiger partial charge is 0.135 e. The van der Waals surface area contributed by atoms with Gasteiger partial charge in [-0.1, -0.05) is 12.8 Å². The molecule has 0 saturated heterocycles. The Balaban J connectivity index is 2.90. The Kier molecular flexibility index (Phi) is 3.89. The highest BCUT2D eigenvalue weighted by Crippen LogP contribution is 1.65. The third-order valence-electron chi connectivity index (χ3n) is 0.321.